The van der Waals surface area contributed by atoms with Crippen molar-refractivity contribution in [2.45, 2.75) is 25.3 Å². The zero-order valence-electron chi connectivity index (χ0n) is 10.0. The summed E-state index contributed by atoms with van der Waals surface area (Å²) in [7, 11) is 0. The van der Waals surface area contributed by atoms with Gasteiger partial charge in [0.25, 0.3) is 5.91 Å². The molecule has 2 rings (SSSR count). The summed E-state index contributed by atoms with van der Waals surface area (Å²) in [5.74, 6) is -0.00149. The number of hydrogen-bond acceptors (Lipinski definition) is 2. The Kier molecular flexibility index (Phi) is 5.44. The monoisotopic (exact) mass is 422 g/mol. The minimum atomic E-state index is -0.00149. The van der Waals surface area contributed by atoms with Crippen LogP contribution in [0.25, 0.3) is 0 Å². The Bertz CT molecular complexity index is 433. The number of carbonyl (C=O) groups is 1. The fourth-order valence-corrected chi connectivity index (χ4v) is 3.05. The molecule has 1 amide bonds. The van der Waals surface area contributed by atoms with Crippen molar-refractivity contribution in [3.05, 3.63) is 31.8 Å². The Morgan fingerprint density at radius 2 is 2.39 bits per heavy atom. The fourth-order valence-electron chi connectivity index (χ4n) is 2.13. The largest absolute Gasteiger partial charge is 0.352 e. The van der Waals surface area contributed by atoms with Gasteiger partial charge >= 0.3 is 0 Å². The Morgan fingerprint density at radius 1 is 1.56 bits per heavy atom. The van der Waals surface area contributed by atoms with Gasteiger partial charge in [-0.05, 0) is 82.5 Å². The number of benzene rings is 1. The summed E-state index contributed by atoms with van der Waals surface area (Å²) in [5, 5.41) is 6.41. The van der Waals surface area contributed by atoms with Crippen LogP contribution in [0.4, 0.5) is 0 Å². The molecule has 1 aliphatic rings. The van der Waals surface area contributed by atoms with Gasteiger partial charge in [-0.1, -0.05) is 0 Å². The van der Waals surface area contributed by atoms with E-state index in [-0.39, 0.29) is 5.91 Å². The maximum absolute atomic E-state index is 12.0. The van der Waals surface area contributed by atoms with Crippen LogP contribution in [-0.2, 0) is 0 Å². The molecule has 1 heterocycles. The predicted octanol–water partition coefficient (Wildman–Crippen LogP) is 2.93. The maximum Gasteiger partial charge on any atom is 0.252 e. The summed E-state index contributed by atoms with van der Waals surface area (Å²) >= 11 is 5.63. The van der Waals surface area contributed by atoms with Crippen LogP contribution in [0.1, 0.15) is 29.6 Å². The molecule has 5 heteroatoms. The highest BCUT2D eigenvalue weighted by Crippen LogP contribution is 2.19. The summed E-state index contributed by atoms with van der Waals surface area (Å²) < 4.78 is 1.91. The van der Waals surface area contributed by atoms with E-state index in [4.69, 9.17) is 0 Å². The third-order valence-electron chi connectivity index (χ3n) is 3.11. The zero-order chi connectivity index (χ0) is 13.0. The maximum atomic E-state index is 12.0. The first-order valence-corrected chi connectivity index (χ1v) is 8.00. The summed E-state index contributed by atoms with van der Waals surface area (Å²) in [6, 6.07) is 6.36. The van der Waals surface area contributed by atoms with Crippen LogP contribution >= 0.6 is 38.5 Å². The second kappa shape index (κ2) is 6.86. The average molecular weight is 423 g/mol. The molecular formula is C13H16BrIN2O. The SMILES string of the molecule is O=C(NCCC1CCCN1)c1cc(I)ccc1Br. The first-order chi connectivity index (χ1) is 8.66. The third kappa shape index (κ3) is 3.93. The van der Waals surface area contributed by atoms with Crippen LogP contribution in [0, 0.1) is 3.57 Å². The van der Waals surface area contributed by atoms with Gasteiger partial charge in [-0.3, -0.25) is 4.79 Å². The molecule has 0 aromatic heterocycles. The number of amides is 1. The number of carbonyl (C=O) groups excluding carboxylic acids is 1. The van der Waals surface area contributed by atoms with E-state index in [0.717, 1.165) is 27.6 Å². The van der Waals surface area contributed by atoms with Crippen LogP contribution in [0.3, 0.4) is 0 Å². The molecule has 0 bridgehead atoms. The number of hydrogen-bond donors (Lipinski definition) is 2. The summed E-state index contributed by atoms with van der Waals surface area (Å²) in [5.41, 5.74) is 0.710. The van der Waals surface area contributed by atoms with Gasteiger partial charge in [0, 0.05) is 20.6 Å². The van der Waals surface area contributed by atoms with Crippen molar-refractivity contribution in [1.82, 2.24) is 10.6 Å². The molecule has 1 fully saturated rings. The van der Waals surface area contributed by atoms with E-state index in [0.29, 0.717) is 11.6 Å². The van der Waals surface area contributed by atoms with Gasteiger partial charge in [-0.25, -0.2) is 0 Å². The van der Waals surface area contributed by atoms with Crippen LogP contribution in [0.15, 0.2) is 22.7 Å². The standard InChI is InChI=1S/C13H16BrIN2O/c14-12-4-3-9(15)8-11(12)13(18)17-7-5-10-2-1-6-16-10/h3-4,8,10,16H,1-2,5-7H2,(H,17,18). The molecule has 0 radical (unpaired) electrons. The third-order valence-corrected chi connectivity index (χ3v) is 4.48. The lowest BCUT2D eigenvalue weighted by molar-refractivity contribution is 0.0951. The van der Waals surface area contributed by atoms with Gasteiger partial charge in [0.2, 0.25) is 0 Å². The molecule has 1 aromatic carbocycles. The van der Waals surface area contributed by atoms with Crippen LogP contribution < -0.4 is 10.6 Å². The second-order valence-corrected chi connectivity index (χ2v) is 6.56. The molecule has 1 atom stereocenters. The quantitative estimate of drug-likeness (QED) is 0.732. The van der Waals surface area contributed by atoms with E-state index in [1.807, 2.05) is 18.2 Å². The Balaban J connectivity index is 1.85. The molecule has 1 unspecified atom stereocenters. The first kappa shape index (κ1) is 14.3. The Hall–Kier alpha value is -0.140. The summed E-state index contributed by atoms with van der Waals surface area (Å²) in [6.45, 7) is 1.84. The van der Waals surface area contributed by atoms with Crippen molar-refractivity contribution < 1.29 is 4.79 Å². The fraction of sp³-hybridized carbons (Fsp3) is 0.462. The van der Waals surface area contributed by atoms with Crippen LogP contribution in [0.2, 0.25) is 0 Å². The van der Waals surface area contributed by atoms with E-state index in [1.165, 1.54) is 12.8 Å². The summed E-state index contributed by atoms with van der Waals surface area (Å²) in [6.07, 6.45) is 3.48. The van der Waals surface area contributed by atoms with Crippen LogP contribution in [-0.4, -0.2) is 25.0 Å². The minimum Gasteiger partial charge on any atom is -0.352 e. The van der Waals surface area contributed by atoms with Crippen molar-refractivity contribution >= 4 is 44.4 Å². The van der Waals surface area contributed by atoms with E-state index in [9.17, 15) is 4.79 Å². The van der Waals surface area contributed by atoms with Crippen molar-refractivity contribution in [3.8, 4) is 0 Å². The average Bonchev–Trinajstić information content (AvgIpc) is 2.85. The van der Waals surface area contributed by atoms with E-state index >= 15 is 0 Å². The van der Waals surface area contributed by atoms with Crippen molar-refractivity contribution in [2.75, 3.05) is 13.1 Å². The Labute approximate surface area is 129 Å². The minimum absolute atomic E-state index is 0.00149. The molecule has 1 saturated heterocycles. The Morgan fingerprint density at radius 3 is 3.11 bits per heavy atom. The normalized spacial score (nSPS) is 18.9. The molecule has 0 aliphatic carbocycles. The highest BCUT2D eigenvalue weighted by Gasteiger charge is 2.15. The van der Waals surface area contributed by atoms with Gasteiger partial charge in [0.1, 0.15) is 0 Å². The second-order valence-electron chi connectivity index (χ2n) is 4.46. The highest BCUT2D eigenvalue weighted by atomic mass is 127. The van der Waals surface area contributed by atoms with Gasteiger partial charge in [-0.2, -0.15) is 0 Å². The lowest BCUT2D eigenvalue weighted by Gasteiger charge is -2.11. The number of halogens is 2. The lowest BCUT2D eigenvalue weighted by Crippen LogP contribution is -2.30. The molecule has 3 nitrogen and oxygen atoms in total. The smallest absolute Gasteiger partial charge is 0.252 e. The molecular weight excluding hydrogens is 407 g/mol. The molecule has 2 N–H and O–H groups in total. The number of rotatable bonds is 4. The topological polar surface area (TPSA) is 41.1 Å². The molecule has 1 aliphatic heterocycles. The molecule has 1 aromatic rings. The van der Waals surface area contributed by atoms with E-state index in [2.05, 4.69) is 49.2 Å². The summed E-state index contributed by atoms with van der Waals surface area (Å²) in [4.78, 5) is 12.0. The predicted molar refractivity (Wildman–Crippen MR) is 84.8 cm³/mol. The van der Waals surface area contributed by atoms with Crippen molar-refractivity contribution in [2.24, 2.45) is 0 Å². The zero-order valence-corrected chi connectivity index (χ0v) is 13.8. The number of nitrogens with one attached hydrogen (secondary N) is 2. The van der Waals surface area contributed by atoms with Crippen molar-refractivity contribution in [1.29, 1.82) is 0 Å². The molecule has 0 saturated carbocycles. The molecule has 18 heavy (non-hydrogen) atoms. The highest BCUT2D eigenvalue weighted by molar-refractivity contribution is 14.1. The van der Waals surface area contributed by atoms with Gasteiger partial charge in [-0.15, -0.1) is 0 Å². The lowest BCUT2D eigenvalue weighted by atomic mass is 10.1. The van der Waals surface area contributed by atoms with E-state index in [1.54, 1.807) is 0 Å². The van der Waals surface area contributed by atoms with E-state index < -0.39 is 0 Å². The van der Waals surface area contributed by atoms with Gasteiger partial charge in [0.05, 0.1) is 5.56 Å². The molecule has 0 spiro atoms. The molecule has 98 valence electrons. The van der Waals surface area contributed by atoms with Gasteiger partial charge < -0.3 is 10.6 Å². The van der Waals surface area contributed by atoms with Crippen molar-refractivity contribution in [3.63, 3.8) is 0 Å². The van der Waals surface area contributed by atoms with Crippen LogP contribution in [0.5, 0.6) is 0 Å². The first-order valence-electron chi connectivity index (χ1n) is 6.13. The van der Waals surface area contributed by atoms with Gasteiger partial charge in [0.15, 0.2) is 0 Å².